The maximum absolute atomic E-state index is 12.8. The fourth-order valence-electron chi connectivity index (χ4n) is 3.31. The van der Waals surface area contributed by atoms with Gasteiger partial charge >= 0.3 is 0 Å². The molecule has 1 amide bonds. The molecule has 0 aliphatic carbocycles. The molecule has 0 radical (unpaired) electrons. The first-order chi connectivity index (χ1) is 13.2. The van der Waals surface area contributed by atoms with Crippen molar-refractivity contribution in [3.8, 4) is 0 Å². The van der Waals surface area contributed by atoms with E-state index in [0.717, 1.165) is 24.0 Å². The number of carbonyl (C=O) groups excluding carboxylic acids is 1. The van der Waals surface area contributed by atoms with Gasteiger partial charge in [0.2, 0.25) is 10.0 Å². The lowest BCUT2D eigenvalue weighted by molar-refractivity contribution is 0.0940. The Labute approximate surface area is 171 Å². The van der Waals surface area contributed by atoms with Crippen molar-refractivity contribution in [3.05, 3.63) is 63.7 Å². The topological polar surface area (TPSA) is 66.5 Å². The first-order valence-electron chi connectivity index (χ1n) is 9.38. The summed E-state index contributed by atoms with van der Waals surface area (Å²) in [6.45, 7) is 6.97. The van der Waals surface area contributed by atoms with Crippen LogP contribution in [0, 0.1) is 13.8 Å². The molecular formula is C21H25ClN2O3S. The monoisotopic (exact) mass is 420 g/mol. The lowest BCUT2D eigenvalue weighted by atomic mass is 10.0. The van der Waals surface area contributed by atoms with Gasteiger partial charge in [-0.2, -0.15) is 4.31 Å². The molecule has 5 nitrogen and oxygen atoms in total. The molecule has 2 aromatic carbocycles. The zero-order valence-corrected chi connectivity index (χ0v) is 17.9. The molecule has 0 saturated carbocycles. The molecule has 1 atom stereocenters. The Kier molecular flexibility index (Phi) is 6.12. The molecule has 0 bridgehead atoms. The zero-order valence-electron chi connectivity index (χ0n) is 16.3. The highest BCUT2D eigenvalue weighted by Crippen LogP contribution is 2.26. The van der Waals surface area contributed by atoms with Crippen LogP contribution in [0.5, 0.6) is 0 Å². The van der Waals surface area contributed by atoms with E-state index >= 15 is 0 Å². The van der Waals surface area contributed by atoms with Crippen LogP contribution in [0.15, 0.2) is 41.3 Å². The molecule has 1 aliphatic heterocycles. The Balaban J connectivity index is 1.84. The third-order valence-corrected chi connectivity index (χ3v) is 7.49. The largest absolute Gasteiger partial charge is 0.345 e. The van der Waals surface area contributed by atoms with Gasteiger partial charge in [0.1, 0.15) is 0 Å². The van der Waals surface area contributed by atoms with Gasteiger partial charge in [-0.25, -0.2) is 8.42 Å². The summed E-state index contributed by atoms with van der Waals surface area (Å²) in [6.07, 6.45) is 1.71. The molecule has 1 heterocycles. The quantitative estimate of drug-likeness (QED) is 0.786. The minimum atomic E-state index is -3.61. The van der Waals surface area contributed by atoms with Crippen molar-refractivity contribution in [1.82, 2.24) is 9.62 Å². The molecule has 1 unspecified atom stereocenters. The van der Waals surface area contributed by atoms with Crippen molar-refractivity contribution in [3.63, 3.8) is 0 Å². The van der Waals surface area contributed by atoms with E-state index < -0.39 is 15.9 Å². The Hall–Kier alpha value is -1.89. The predicted molar refractivity (Wildman–Crippen MR) is 111 cm³/mol. The first kappa shape index (κ1) is 20.8. The Morgan fingerprint density at radius 2 is 1.75 bits per heavy atom. The lowest BCUT2D eigenvalue weighted by Crippen LogP contribution is -2.29. The number of hydrogen-bond acceptors (Lipinski definition) is 3. The third-order valence-electron chi connectivity index (χ3n) is 5.26. The van der Waals surface area contributed by atoms with Crippen molar-refractivity contribution >= 4 is 27.5 Å². The highest BCUT2D eigenvalue weighted by atomic mass is 35.5. The second-order valence-electron chi connectivity index (χ2n) is 7.29. The maximum Gasteiger partial charge on any atom is 0.253 e. The molecule has 0 spiro atoms. The normalized spacial score (nSPS) is 16.1. The van der Waals surface area contributed by atoms with Gasteiger partial charge in [-0.3, -0.25) is 4.79 Å². The van der Waals surface area contributed by atoms with Crippen LogP contribution in [0.1, 0.15) is 52.9 Å². The molecule has 1 aliphatic rings. The predicted octanol–water partition coefficient (Wildman–Crippen LogP) is 4.23. The average Bonchev–Trinajstić information content (AvgIpc) is 3.19. The number of benzene rings is 2. The van der Waals surface area contributed by atoms with Gasteiger partial charge in [0, 0.05) is 13.1 Å². The second kappa shape index (κ2) is 8.23. The summed E-state index contributed by atoms with van der Waals surface area (Å²) in [6, 6.07) is 10.1. The van der Waals surface area contributed by atoms with Crippen molar-refractivity contribution in [1.29, 1.82) is 0 Å². The number of nitrogens with one attached hydrogen (secondary N) is 1. The van der Waals surface area contributed by atoms with Gasteiger partial charge in [0.25, 0.3) is 5.91 Å². The minimum Gasteiger partial charge on any atom is -0.345 e. The van der Waals surface area contributed by atoms with Crippen LogP contribution < -0.4 is 5.32 Å². The molecule has 3 rings (SSSR count). The Morgan fingerprint density at radius 3 is 2.39 bits per heavy atom. The van der Waals surface area contributed by atoms with E-state index in [2.05, 4.69) is 5.32 Å². The molecule has 150 valence electrons. The Morgan fingerprint density at radius 1 is 1.07 bits per heavy atom. The highest BCUT2D eigenvalue weighted by molar-refractivity contribution is 7.89. The summed E-state index contributed by atoms with van der Waals surface area (Å²) in [7, 11) is -3.61. The number of aryl methyl sites for hydroxylation is 2. The summed E-state index contributed by atoms with van der Waals surface area (Å²) in [5, 5.41) is 3.14. The molecule has 2 aromatic rings. The molecule has 7 heteroatoms. The van der Waals surface area contributed by atoms with Gasteiger partial charge in [0.05, 0.1) is 21.5 Å². The smallest absolute Gasteiger partial charge is 0.253 e. The SMILES string of the molecule is Cc1ccc(C(C)NC(=O)c2cc(S(=O)(=O)N3CCCC3)ccc2Cl)cc1C. The van der Waals surface area contributed by atoms with Crippen molar-refractivity contribution in [2.45, 2.75) is 44.6 Å². The molecule has 1 fully saturated rings. The van der Waals surface area contributed by atoms with Crippen molar-refractivity contribution in [2.75, 3.05) is 13.1 Å². The number of rotatable bonds is 5. The summed E-state index contributed by atoms with van der Waals surface area (Å²) in [4.78, 5) is 12.9. The summed E-state index contributed by atoms with van der Waals surface area (Å²) < 4.78 is 27.0. The number of hydrogen-bond donors (Lipinski definition) is 1. The van der Waals surface area contributed by atoms with E-state index in [0.29, 0.717) is 13.1 Å². The van der Waals surface area contributed by atoms with E-state index in [1.165, 1.54) is 28.1 Å². The van der Waals surface area contributed by atoms with Gasteiger partial charge in [-0.05, 0) is 68.5 Å². The summed E-state index contributed by atoms with van der Waals surface area (Å²) >= 11 is 6.21. The standard InChI is InChI=1S/C21H25ClN2O3S/c1-14-6-7-17(12-15(14)2)16(3)23-21(25)19-13-18(8-9-20(19)22)28(26,27)24-10-4-5-11-24/h6-9,12-13,16H,4-5,10-11H2,1-3H3,(H,23,25). The third kappa shape index (κ3) is 4.24. The second-order valence-corrected chi connectivity index (χ2v) is 9.64. The Bertz CT molecular complexity index is 999. The van der Waals surface area contributed by atoms with Crippen LogP contribution in [0.3, 0.4) is 0 Å². The van der Waals surface area contributed by atoms with Crippen LogP contribution in [0.25, 0.3) is 0 Å². The first-order valence-corrected chi connectivity index (χ1v) is 11.2. The van der Waals surface area contributed by atoms with E-state index in [1.807, 2.05) is 39.0 Å². The molecule has 1 N–H and O–H groups in total. The number of halogens is 1. The molecule has 0 aromatic heterocycles. The number of nitrogens with zero attached hydrogens (tertiary/aromatic N) is 1. The van der Waals surface area contributed by atoms with E-state index in [-0.39, 0.29) is 21.5 Å². The number of carbonyl (C=O) groups is 1. The summed E-state index contributed by atoms with van der Waals surface area (Å²) in [5.74, 6) is -0.394. The number of sulfonamides is 1. The van der Waals surface area contributed by atoms with Gasteiger partial charge in [-0.1, -0.05) is 29.8 Å². The van der Waals surface area contributed by atoms with Crippen LogP contribution in [0.2, 0.25) is 5.02 Å². The van der Waals surface area contributed by atoms with E-state index in [1.54, 1.807) is 0 Å². The van der Waals surface area contributed by atoms with E-state index in [9.17, 15) is 13.2 Å². The minimum absolute atomic E-state index is 0.0998. The van der Waals surface area contributed by atoms with Gasteiger partial charge in [0.15, 0.2) is 0 Å². The molecular weight excluding hydrogens is 396 g/mol. The zero-order chi connectivity index (χ0) is 20.5. The van der Waals surface area contributed by atoms with Crippen LogP contribution >= 0.6 is 11.6 Å². The average molecular weight is 421 g/mol. The van der Waals surface area contributed by atoms with Crippen LogP contribution in [-0.4, -0.2) is 31.7 Å². The van der Waals surface area contributed by atoms with Gasteiger partial charge in [-0.15, -0.1) is 0 Å². The van der Waals surface area contributed by atoms with Crippen molar-refractivity contribution in [2.24, 2.45) is 0 Å². The van der Waals surface area contributed by atoms with Crippen LogP contribution in [0.4, 0.5) is 0 Å². The fraction of sp³-hybridized carbons (Fsp3) is 0.381. The lowest BCUT2D eigenvalue weighted by Gasteiger charge is -2.18. The van der Waals surface area contributed by atoms with Crippen LogP contribution in [-0.2, 0) is 10.0 Å². The molecule has 1 saturated heterocycles. The molecule has 28 heavy (non-hydrogen) atoms. The summed E-state index contributed by atoms with van der Waals surface area (Å²) in [5.41, 5.74) is 3.48. The van der Waals surface area contributed by atoms with Gasteiger partial charge < -0.3 is 5.32 Å². The fourth-order valence-corrected chi connectivity index (χ4v) is 5.06. The van der Waals surface area contributed by atoms with E-state index in [4.69, 9.17) is 11.6 Å². The van der Waals surface area contributed by atoms with Crippen molar-refractivity contribution < 1.29 is 13.2 Å². The maximum atomic E-state index is 12.8. The number of amides is 1. The highest BCUT2D eigenvalue weighted by Gasteiger charge is 2.28.